The summed E-state index contributed by atoms with van der Waals surface area (Å²) in [5.41, 5.74) is 0.802. The number of ether oxygens (including phenoxy) is 1. The molecule has 2 aromatic rings. The monoisotopic (exact) mass is 399 g/mol. The van der Waals surface area contributed by atoms with Gasteiger partial charge in [0, 0.05) is 35.7 Å². The van der Waals surface area contributed by atoms with Gasteiger partial charge in [0.1, 0.15) is 5.69 Å². The first kappa shape index (κ1) is 19.7. The third kappa shape index (κ3) is 4.82. The quantitative estimate of drug-likeness (QED) is 0.805. The van der Waals surface area contributed by atoms with Gasteiger partial charge in [0.15, 0.2) is 0 Å². The number of pyridine rings is 1. The molecule has 27 heavy (non-hydrogen) atoms. The zero-order valence-electron chi connectivity index (χ0n) is 14.7. The Morgan fingerprint density at radius 3 is 2.96 bits per heavy atom. The van der Waals surface area contributed by atoms with Gasteiger partial charge in [-0.25, -0.2) is 13.8 Å². The van der Waals surface area contributed by atoms with Crippen molar-refractivity contribution in [3.8, 4) is 0 Å². The molecular weight excluding hydrogens is 380 g/mol. The number of likely N-dealkylation sites (N-methyl/N-ethyl adjacent to an activating group) is 1. The molecule has 0 saturated carbocycles. The number of benzene rings is 1. The highest BCUT2D eigenvalue weighted by atomic mass is 35.5. The lowest BCUT2D eigenvalue weighted by atomic mass is 10.1. The van der Waals surface area contributed by atoms with Gasteiger partial charge in [0.25, 0.3) is 6.43 Å². The summed E-state index contributed by atoms with van der Waals surface area (Å²) in [5, 5.41) is 10.1. The van der Waals surface area contributed by atoms with Gasteiger partial charge in [0.05, 0.1) is 24.8 Å². The van der Waals surface area contributed by atoms with Crippen LogP contribution in [0.15, 0.2) is 24.3 Å². The topological polar surface area (TPSA) is 65.9 Å². The number of hydrogen-bond acceptors (Lipinski definition) is 5. The normalized spacial score (nSPS) is 17.9. The molecule has 1 unspecified atom stereocenters. The fourth-order valence-corrected chi connectivity index (χ4v) is 3.44. The summed E-state index contributed by atoms with van der Waals surface area (Å²) in [5.74, 6) is -0.915. The predicted molar refractivity (Wildman–Crippen MR) is 98.8 cm³/mol. The maximum absolute atomic E-state index is 13.3. The molecule has 0 aliphatic carbocycles. The van der Waals surface area contributed by atoms with Crippen LogP contribution in [0.5, 0.6) is 0 Å². The van der Waals surface area contributed by atoms with Crippen molar-refractivity contribution in [2.24, 2.45) is 0 Å². The van der Waals surface area contributed by atoms with Crippen LogP contribution in [0.25, 0.3) is 10.9 Å². The van der Waals surface area contributed by atoms with E-state index in [9.17, 15) is 13.6 Å². The number of alkyl halides is 2. The molecule has 146 valence electrons. The molecule has 1 saturated heterocycles. The molecule has 1 aromatic heterocycles. The molecule has 0 radical (unpaired) electrons. The summed E-state index contributed by atoms with van der Waals surface area (Å²) in [7, 11) is 1.70. The summed E-state index contributed by atoms with van der Waals surface area (Å²) in [4.78, 5) is 18.5. The van der Waals surface area contributed by atoms with Gasteiger partial charge in [-0.15, -0.1) is 0 Å². The van der Waals surface area contributed by atoms with Crippen LogP contribution >= 0.6 is 11.6 Å². The van der Waals surface area contributed by atoms with Gasteiger partial charge < -0.3 is 14.7 Å². The molecular formula is C18H20ClF2N3O3. The lowest BCUT2D eigenvalue weighted by Crippen LogP contribution is -2.47. The molecule has 1 fully saturated rings. The van der Waals surface area contributed by atoms with Crippen molar-refractivity contribution in [2.75, 3.05) is 44.7 Å². The number of halogens is 3. The Balaban J connectivity index is 1.89. The molecule has 9 heteroatoms. The van der Waals surface area contributed by atoms with Crippen LogP contribution in [-0.2, 0) is 9.53 Å². The van der Waals surface area contributed by atoms with Crippen LogP contribution in [0, 0.1) is 0 Å². The van der Waals surface area contributed by atoms with E-state index >= 15 is 0 Å². The van der Waals surface area contributed by atoms with Crippen LogP contribution in [0.2, 0.25) is 5.02 Å². The zero-order valence-corrected chi connectivity index (χ0v) is 15.5. The highest BCUT2D eigenvalue weighted by Gasteiger charge is 2.25. The van der Waals surface area contributed by atoms with Crippen LogP contribution in [0.1, 0.15) is 12.1 Å². The average Bonchev–Trinajstić information content (AvgIpc) is 2.60. The Morgan fingerprint density at radius 1 is 1.48 bits per heavy atom. The molecule has 1 aromatic carbocycles. The Bertz CT molecular complexity index is 837. The van der Waals surface area contributed by atoms with Crippen molar-refractivity contribution in [2.45, 2.75) is 12.5 Å². The number of carbonyl (C=O) groups is 1. The summed E-state index contributed by atoms with van der Waals surface area (Å²) in [6, 6.07) is 6.37. The number of rotatable bonds is 6. The second-order valence-corrected chi connectivity index (χ2v) is 6.99. The van der Waals surface area contributed by atoms with E-state index in [1.54, 1.807) is 30.1 Å². The predicted octanol–water partition coefficient (Wildman–Crippen LogP) is 3.05. The highest BCUT2D eigenvalue weighted by molar-refractivity contribution is 6.31. The Kier molecular flexibility index (Phi) is 6.08. The van der Waals surface area contributed by atoms with Gasteiger partial charge in [0.2, 0.25) is 0 Å². The molecule has 6 nitrogen and oxygen atoms in total. The highest BCUT2D eigenvalue weighted by Crippen LogP contribution is 2.33. The van der Waals surface area contributed by atoms with Gasteiger partial charge in [-0.05, 0) is 31.3 Å². The van der Waals surface area contributed by atoms with Crippen LogP contribution in [0.4, 0.5) is 14.5 Å². The van der Waals surface area contributed by atoms with Crippen molar-refractivity contribution in [3.05, 3.63) is 35.0 Å². The first-order valence-corrected chi connectivity index (χ1v) is 8.86. The molecule has 3 rings (SSSR count). The SMILES string of the molecule is CN(CC(=O)O)CC1CN(c2cc(C(F)F)nc3ccc(Cl)cc23)CCO1. The number of nitrogens with zero attached hydrogens (tertiary/aromatic N) is 3. The van der Waals surface area contributed by atoms with Crippen LogP contribution in [0.3, 0.4) is 0 Å². The van der Waals surface area contributed by atoms with Crippen LogP contribution in [-0.4, -0.2) is 66.9 Å². The first-order chi connectivity index (χ1) is 12.8. The van der Waals surface area contributed by atoms with Gasteiger partial charge in [-0.3, -0.25) is 9.69 Å². The summed E-state index contributed by atoms with van der Waals surface area (Å²) in [6.07, 6.45) is -2.91. The van der Waals surface area contributed by atoms with E-state index in [4.69, 9.17) is 21.4 Å². The molecule has 0 spiro atoms. The molecule has 1 N–H and O–H groups in total. The second kappa shape index (κ2) is 8.33. The lowest BCUT2D eigenvalue weighted by molar-refractivity contribution is -0.138. The maximum atomic E-state index is 13.3. The third-order valence-electron chi connectivity index (χ3n) is 4.39. The zero-order chi connectivity index (χ0) is 19.6. The van der Waals surface area contributed by atoms with Crippen molar-refractivity contribution in [1.29, 1.82) is 0 Å². The third-order valence-corrected chi connectivity index (χ3v) is 4.63. The summed E-state index contributed by atoms with van der Waals surface area (Å²) >= 11 is 6.10. The van der Waals surface area contributed by atoms with Crippen molar-refractivity contribution in [1.82, 2.24) is 9.88 Å². The Morgan fingerprint density at radius 2 is 2.26 bits per heavy atom. The minimum Gasteiger partial charge on any atom is -0.480 e. The van der Waals surface area contributed by atoms with E-state index in [0.29, 0.717) is 47.9 Å². The summed E-state index contributed by atoms with van der Waals surface area (Å²) in [6.45, 7) is 1.74. The Labute approximate surface area is 160 Å². The number of aliphatic carboxylic acids is 1. The smallest absolute Gasteiger partial charge is 0.317 e. The number of aromatic nitrogens is 1. The van der Waals surface area contributed by atoms with E-state index in [2.05, 4.69) is 4.98 Å². The number of anilines is 1. The fourth-order valence-electron chi connectivity index (χ4n) is 3.27. The minimum absolute atomic E-state index is 0.0941. The molecule has 1 aliphatic heterocycles. The number of fused-ring (bicyclic) bond motifs is 1. The molecule has 2 heterocycles. The fraction of sp³-hybridized carbons (Fsp3) is 0.444. The van der Waals surface area contributed by atoms with Gasteiger partial charge in [-0.1, -0.05) is 11.6 Å². The number of hydrogen-bond donors (Lipinski definition) is 1. The molecule has 0 amide bonds. The van der Waals surface area contributed by atoms with Gasteiger partial charge in [-0.2, -0.15) is 0 Å². The average molecular weight is 400 g/mol. The number of carboxylic acids is 1. The van der Waals surface area contributed by atoms with Crippen LogP contribution < -0.4 is 4.90 Å². The molecule has 1 aliphatic rings. The van der Waals surface area contributed by atoms with Crippen molar-refractivity contribution < 1.29 is 23.4 Å². The lowest BCUT2D eigenvalue weighted by Gasteiger charge is -2.36. The van der Waals surface area contributed by atoms with Crippen molar-refractivity contribution >= 4 is 34.2 Å². The van der Waals surface area contributed by atoms with E-state index in [1.165, 1.54) is 6.07 Å². The largest absolute Gasteiger partial charge is 0.480 e. The minimum atomic E-state index is -2.68. The number of morpholine rings is 1. The number of carboxylic acid groups (broad SMARTS) is 1. The second-order valence-electron chi connectivity index (χ2n) is 6.56. The van der Waals surface area contributed by atoms with E-state index in [0.717, 1.165) is 0 Å². The van der Waals surface area contributed by atoms with E-state index < -0.39 is 12.4 Å². The van der Waals surface area contributed by atoms with E-state index in [-0.39, 0.29) is 18.3 Å². The van der Waals surface area contributed by atoms with Crippen molar-refractivity contribution in [3.63, 3.8) is 0 Å². The first-order valence-electron chi connectivity index (χ1n) is 8.48. The summed E-state index contributed by atoms with van der Waals surface area (Å²) < 4.78 is 32.3. The molecule has 1 atom stereocenters. The Hall–Kier alpha value is -2.03. The van der Waals surface area contributed by atoms with E-state index in [1.807, 2.05) is 4.90 Å². The molecule has 0 bridgehead atoms. The van der Waals surface area contributed by atoms with Gasteiger partial charge >= 0.3 is 5.97 Å². The maximum Gasteiger partial charge on any atom is 0.317 e. The standard InChI is InChI=1S/C18H20ClF2N3O3/c1-23(10-17(25)26)8-12-9-24(4-5-27-12)16-7-15(18(20)21)22-14-3-2-11(19)6-13(14)16/h2-3,6-7,12,18H,4-5,8-10H2,1H3,(H,25,26).